The van der Waals surface area contributed by atoms with E-state index in [2.05, 4.69) is 53.7 Å². The lowest BCUT2D eigenvalue weighted by molar-refractivity contribution is -0.0571. The summed E-state index contributed by atoms with van der Waals surface area (Å²) in [6.07, 6.45) is 17.8. The van der Waals surface area contributed by atoms with Crippen LogP contribution in [0, 0.1) is 46.3 Å². The molecule has 4 aliphatic carbocycles. The first-order valence-corrected chi connectivity index (χ1v) is 13.2. The zero-order chi connectivity index (χ0) is 21.7. The van der Waals surface area contributed by atoms with Gasteiger partial charge in [0.1, 0.15) is 0 Å². The predicted molar refractivity (Wildman–Crippen MR) is 128 cm³/mol. The Labute approximate surface area is 186 Å². The van der Waals surface area contributed by atoms with Crippen molar-refractivity contribution in [1.29, 1.82) is 0 Å². The molecule has 0 aromatic rings. The van der Waals surface area contributed by atoms with Gasteiger partial charge >= 0.3 is 0 Å². The highest BCUT2D eigenvalue weighted by Gasteiger charge is 2.59. The molecule has 170 valence electrons. The smallest absolute Gasteiger partial charge is 0.0577 e. The quantitative estimate of drug-likeness (QED) is 0.454. The minimum Gasteiger partial charge on any atom is -0.393 e. The summed E-state index contributed by atoms with van der Waals surface area (Å²) in [6.45, 7) is 14.7. The summed E-state index contributed by atoms with van der Waals surface area (Å²) in [5, 5.41) is 10.2. The van der Waals surface area contributed by atoms with Crippen molar-refractivity contribution in [3.8, 4) is 0 Å². The summed E-state index contributed by atoms with van der Waals surface area (Å²) in [4.78, 5) is 0. The zero-order valence-corrected chi connectivity index (χ0v) is 20.7. The summed E-state index contributed by atoms with van der Waals surface area (Å²) in [5.74, 6) is 5.15. The van der Waals surface area contributed by atoms with Crippen LogP contribution in [-0.2, 0) is 0 Å². The van der Waals surface area contributed by atoms with Gasteiger partial charge in [0.15, 0.2) is 0 Å². The summed E-state index contributed by atoms with van der Waals surface area (Å²) < 4.78 is 0. The molecule has 0 aliphatic heterocycles. The van der Waals surface area contributed by atoms with Crippen molar-refractivity contribution in [2.75, 3.05) is 0 Å². The Hall–Kier alpha value is -0.560. The maximum atomic E-state index is 10.2. The molecule has 0 spiro atoms. The van der Waals surface area contributed by atoms with Gasteiger partial charge in [-0.2, -0.15) is 0 Å². The fourth-order valence-electron chi connectivity index (χ4n) is 8.98. The monoisotopic (exact) mass is 412 g/mol. The Morgan fingerprint density at radius 2 is 1.87 bits per heavy atom. The zero-order valence-electron chi connectivity index (χ0n) is 20.7. The van der Waals surface area contributed by atoms with E-state index >= 15 is 0 Å². The first kappa shape index (κ1) is 22.6. The standard InChI is InChI=1S/C29H48O/c1-7-21(19(2)3)9-8-20(4)25-12-13-26-24-11-10-22-18-23(30)14-16-28(22,5)27(24)15-17-29(25,26)6/h7,10,19-20,23-27,30H,8-9,11-18H2,1-6H3/b21-7+/t20-,23-,24+,25+,26-,27+,28-,29+/m0/s1. The lowest BCUT2D eigenvalue weighted by atomic mass is 9.47. The Balaban J connectivity index is 1.49. The Bertz CT molecular complexity index is 686. The SMILES string of the molecule is C/C=C(\CC[C@H](C)[C@H]1CC[C@H]2[C@H]3CC=C4C[C@@H](O)CC[C@]4(C)[C@@H]3CC[C@]12C)C(C)C. The molecular weight excluding hydrogens is 364 g/mol. The molecule has 30 heavy (non-hydrogen) atoms. The van der Waals surface area contributed by atoms with Crippen LogP contribution in [0.3, 0.4) is 0 Å². The molecule has 0 bridgehead atoms. The summed E-state index contributed by atoms with van der Waals surface area (Å²) in [6, 6.07) is 0. The van der Waals surface area contributed by atoms with E-state index in [1.54, 1.807) is 11.1 Å². The van der Waals surface area contributed by atoms with Crippen LogP contribution < -0.4 is 0 Å². The van der Waals surface area contributed by atoms with Crippen molar-refractivity contribution in [3.63, 3.8) is 0 Å². The molecule has 4 aliphatic rings. The highest BCUT2D eigenvalue weighted by Crippen LogP contribution is 2.67. The maximum Gasteiger partial charge on any atom is 0.0577 e. The first-order valence-electron chi connectivity index (χ1n) is 13.2. The van der Waals surface area contributed by atoms with Gasteiger partial charge < -0.3 is 5.11 Å². The van der Waals surface area contributed by atoms with Crippen LogP contribution in [0.15, 0.2) is 23.3 Å². The third kappa shape index (κ3) is 3.66. The number of allylic oxidation sites excluding steroid dienone is 3. The summed E-state index contributed by atoms with van der Waals surface area (Å²) >= 11 is 0. The Kier molecular flexibility index (Phi) is 6.35. The third-order valence-corrected chi connectivity index (χ3v) is 10.8. The van der Waals surface area contributed by atoms with Gasteiger partial charge in [-0.15, -0.1) is 0 Å². The van der Waals surface area contributed by atoms with Crippen LogP contribution in [0.4, 0.5) is 0 Å². The van der Waals surface area contributed by atoms with Gasteiger partial charge in [-0.1, -0.05) is 57.9 Å². The van der Waals surface area contributed by atoms with Gasteiger partial charge in [-0.3, -0.25) is 0 Å². The maximum absolute atomic E-state index is 10.2. The molecule has 4 rings (SSSR count). The van der Waals surface area contributed by atoms with Crippen LogP contribution in [0.1, 0.15) is 106 Å². The van der Waals surface area contributed by atoms with Crippen molar-refractivity contribution in [3.05, 3.63) is 23.3 Å². The molecule has 0 heterocycles. The van der Waals surface area contributed by atoms with Crippen molar-refractivity contribution in [1.82, 2.24) is 0 Å². The average molecular weight is 413 g/mol. The highest BCUT2D eigenvalue weighted by atomic mass is 16.3. The van der Waals surface area contributed by atoms with Crippen molar-refractivity contribution in [2.24, 2.45) is 46.3 Å². The number of hydrogen-bond acceptors (Lipinski definition) is 1. The van der Waals surface area contributed by atoms with E-state index < -0.39 is 0 Å². The van der Waals surface area contributed by atoms with Gasteiger partial charge in [0, 0.05) is 0 Å². The topological polar surface area (TPSA) is 20.2 Å². The average Bonchev–Trinajstić information content (AvgIpc) is 3.06. The van der Waals surface area contributed by atoms with Gasteiger partial charge in [0.2, 0.25) is 0 Å². The highest BCUT2D eigenvalue weighted by molar-refractivity contribution is 5.25. The third-order valence-electron chi connectivity index (χ3n) is 10.8. The molecule has 0 unspecified atom stereocenters. The van der Waals surface area contributed by atoms with E-state index in [0.29, 0.717) is 16.7 Å². The van der Waals surface area contributed by atoms with E-state index in [1.165, 1.54) is 51.4 Å². The van der Waals surface area contributed by atoms with E-state index in [9.17, 15) is 5.11 Å². The number of hydrogen-bond donors (Lipinski definition) is 1. The van der Waals surface area contributed by atoms with E-state index in [4.69, 9.17) is 0 Å². The number of rotatable bonds is 5. The molecule has 0 saturated heterocycles. The summed E-state index contributed by atoms with van der Waals surface area (Å²) in [5.41, 5.74) is 4.21. The van der Waals surface area contributed by atoms with Gasteiger partial charge in [0.25, 0.3) is 0 Å². The molecule has 1 heteroatoms. The fraction of sp³-hybridized carbons (Fsp3) is 0.862. The van der Waals surface area contributed by atoms with Crippen LogP contribution >= 0.6 is 0 Å². The molecule has 3 fully saturated rings. The summed E-state index contributed by atoms with van der Waals surface area (Å²) in [7, 11) is 0. The second-order valence-corrected chi connectivity index (χ2v) is 12.4. The molecule has 3 saturated carbocycles. The Morgan fingerprint density at radius 1 is 1.10 bits per heavy atom. The fourth-order valence-corrected chi connectivity index (χ4v) is 8.98. The number of aliphatic hydroxyl groups excluding tert-OH is 1. The largest absolute Gasteiger partial charge is 0.393 e. The van der Waals surface area contributed by atoms with Crippen molar-refractivity contribution < 1.29 is 5.11 Å². The molecule has 8 atom stereocenters. The molecule has 0 aromatic carbocycles. The number of fused-ring (bicyclic) bond motifs is 5. The predicted octanol–water partition coefficient (Wildman–Crippen LogP) is 7.94. The van der Waals surface area contributed by atoms with Gasteiger partial charge in [-0.05, 0) is 117 Å². The van der Waals surface area contributed by atoms with Crippen molar-refractivity contribution in [2.45, 2.75) is 112 Å². The van der Waals surface area contributed by atoms with Crippen LogP contribution in [0.2, 0.25) is 0 Å². The first-order chi connectivity index (χ1) is 14.2. The van der Waals surface area contributed by atoms with E-state index in [-0.39, 0.29) is 6.10 Å². The minimum absolute atomic E-state index is 0.0839. The minimum atomic E-state index is -0.0839. The van der Waals surface area contributed by atoms with Crippen LogP contribution in [-0.4, -0.2) is 11.2 Å². The Morgan fingerprint density at radius 3 is 2.57 bits per heavy atom. The lowest BCUT2D eigenvalue weighted by Gasteiger charge is -2.58. The molecular formula is C29H48O. The lowest BCUT2D eigenvalue weighted by Crippen LogP contribution is -2.50. The molecule has 1 nitrogen and oxygen atoms in total. The van der Waals surface area contributed by atoms with Crippen molar-refractivity contribution >= 4 is 0 Å². The molecule has 1 N–H and O–H groups in total. The van der Waals surface area contributed by atoms with Crippen LogP contribution in [0.25, 0.3) is 0 Å². The number of aliphatic hydroxyl groups is 1. The molecule has 0 amide bonds. The van der Waals surface area contributed by atoms with E-state index in [1.807, 2.05) is 0 Å². The van der Waals surface area contributed by atoms with Gasteiger partial charge in [-0.25, -0.2) is 0 Å². The molecule has 0 aromatic heterocycles. The second-order valence-electron chi connectivity index (χ2n) is 12.4. The van der Waals surface area contributed by atoms with Crippen LogP contribution in [0.5, 0.6) is 0 Å². The second kappa shape index (κ2) is 8.42. The normalized spacial score (nSPS) is 44.9. The van der Waals surface area contributed by atoms with Gasteiger partial charge in [0.05, 0.1) is 6.10 Å². The van der Waals surface area contributed by atoms with E-state index in [0.717, 1.165) is 42.4 Å². The molecule has 0 radical (unpaired) electrons.